The van der Waals surface area contributed by atoms with Crippen LogP contribution in [0.1, 0.15) is 74.6 Å². The minimum atomic E-state index is -0.502. The molecule has 1 aliphatic heterocycles. The van der Waals surface area contributed by atoms with Crippen molar-refractivity contribution in [3.8, 4) is 28.9 Å². The molecule has 2 aliphatic carbocycles. The molecule has 9 heteroatoms. The van der Waals surface area contributed by atoms with E-state index in [0.29, 0.717) is 41.4 Å². The smallest absolute Gasteiger partial charge is 0.217 e. The number of hydrogen-bond donors (Lipinski definition) is 0. The Labute approximate surface area is 215 Å². The standard InChI is InChI=1S/C27H33N5O3S/c1-16(21-9-7-13-32(21)3)34-23-14-19(20-15-36-17(2)28-20)29-26(30-23)24-18-8-6-12-27(25(18)31-35-24)11-5-4-10-22(27)33/h14-16,21H,4-13H2,1-3H3/t16-,21-,27+/m0/s1. The number of ketones is 1. The van der Waals surface area contributed by atoms with Crippen LogP contribution < -0.4 is 4.74 Å². The van der Waals surface area contributed by atoms with E-state index in [1.54, 1.807) is 11.3 Å². The molecule has 1 spiro atoms. The molecule has 3 aromatic heterocycles. The number of carbonyl (C=O) groups is 1. The molecule has 6 rings (SSSR count). The number of likely N-dealkylation sites (N-methyl/N-ethyl adjacent to an activating group) is 1. The number of thiazole rings is 1. The van der Waals surface area contributed by atoms with Crippen LogP contribution in [0.2, 0.25) is 0 Å². The maximum atomic E-state index is 13.1. The van der Waals surface area contributed by atoms with Crippen molar-refractivity contribution in [2.45, 2.75) is 89.2 Å². The second-order valence-corrected chi connectivity index (χ2v) is 11.6. The van der Waals surface area contributed by atoms with Gasteiger partial charge in [-0.15, -0.1) is 11.3 Å². The van der Waals surface area contributed by atoms with Gasteiger partial charge in [0, 0.05) is 29.5 Å². The zero-order valence-electron chi connectivity index (χ0n) is 21.2. The minimum absolute atomic E-state index is 0.0166. The van der Waals surface area contributed by atoms with E-state index in [2.05, 4.69) is 29.0 Å². The van der Waals surface area contributed by atoms with Crippen LogP contribution in [0.15, 0.2) is 16.0 Å². The molecule has 190 valence electrons. The van der Waals surface area contributed by atoms with Crippen LogP contribution in [0.25, 0.3) is 23.0 Å². The third kappa shape index (κ3) is 4.06. The number of ether oxygens (including phenoxy) is 1. The fourth-order valence-corrected chi connectivity index (χ4v) is 6.99. The monoisotopic (exact) mass is 507 g/mol. The van der Waals surface area contributed by atoms with Crippen LogP contribution in [0.4, 0.5) is 0 Å². The van der Waals surface area contributed by atoms with E-state index in [1.165, 1.54) is 6.42 Å². The van der Waals surface area contributed by atoms with Gasteiger partial charge < -0.3 is 9.26 Å². The zero-order chi connectivity index (χ0) is 24.9. The highest BCUT2D eigenvalue weighted by molar-refractivity contribution is 7.09. The second kappa shape index (κ2) is 9.34. The van der Waals surface area contributed by atoms with E-state index in [-0.39, 0.29) is 6.10 Å². The Morgan fingerprint density at radius 3 is 2.75 bits per heavy atom. The molecule has 0 unspecified atom stereocenters. The Balaban J connectivity index is 1.41. The number of hydrogen-bond acceptors (Lipinski definition) is 9. The normalized spacial score (nSPS) is 25.3. The molecule has 4 heterocycles. The third-order valence-corrected chi connectivity index (χ3v) is 9.05. The largest absolute Gasteiger partial charge is 0.473 e. The van der Waals surface area contributed by atoms with Crippen molar-refractivity contribution in [1.29, 1.82) is 0 Å². The van der Waals surface area contributed by atoms with Gasteiger partial charge in [0.2, 0.25) is 17.5 Å². The first-order chi connectivity index (χ1) is 17.4. The quantitative estimate of drug-likeness (QED) is 0.468. The number of aryl methyl sites for hydroxylation is 1. The highest BCUT2D eigenvalue weighted by atomic mass is 32.1. The predicted molar refractivity (Wildman–Crippen MR) is 137 cm³/mol. The van der Waals surface area contributed by atoms with Crippen molar-refractivity contribution in [3.63, 3.8) is 0 Å². The van der Waals surface area contributed by atoms with Crippen molar-refractivity contribution in [2.75, 3.05) is 13.6 Å². The molecule has 8 nitrogen and oxygen atoms in total. The molecule has 0 radical (unpaired) electrons. The van der Waals surface area contributed by atoms with Crippen LogP contribution in [0.5, 0.6) is 5.88 Å². The van der Waals surface area contributed by atoms with Crippen LogP contribution in [-0.2, 0) is 16.6 Å². The highest BCUT2D eigenvalue weighted by Crippen LogP contribution is 2.47. The summed E-state index contributed by atoms with van der Waals surface area (Å²) in [4.78, 5) is 29.8. The molecule has 0 bridgehead atoms. The topological polar surface area (TPSA) is 94.2 Å². The Bertz CT molecular complexity index is 1290. The lowest BCUT2D eigenvalue weighted by molar-refractivity contribution is -0.127. The Morgan fingerprint density at radius 2 is 2.00 bits per heavy atom. The van der Waals surface area contributed by atoms with Gasteiger partial charge in [0.05, 0.1) is 16.1 Å². The molecule has 1 saturated heterocycles. The minimum Gasteiger partial charge on any atom is -0.473 e. The summed E-state index contributed by atoms with van der Waals surface area (Å²) in [6, 6.07) is 2.22. The fourth-order valence-electron chi connectivity index (χ4n) is 6.38. The first-order valence-corrected chi connectivity index (χ1v) is 14.0. The highest BCUT2D eigenvalue weighted by Gasteiger charge is 2.48. The summed E-state index contributed by atoms with van der Waals surface area (Å²) >= 11 is 1.59. The number of aromatic nitrogens is 4. The van der Waals surface area contributed by atoms with Gasteiger partial charge in [-0.1, -0.05) is 11.6 Å². The van der Waals surface area contributed by atoms with Crippen molar-refractivity contribution in [3.05, 3.63) is 27.7 Å². The molecule has 36 heavy (non-hydrogen) atoms. The maximum Gasteiger partial charge on any atom is 0.217 e. The molecule has 2 fully saturated rings. The summed E-state index contributed by atoms with van der Waals surface area (Å²) in [5.41, 5.74) is 2.80. The van der Waals surface area contributed by atoms with Gasteiger partial charge in [0.25, 0.3) is 0 Å². The SMILES string of the molecule is Cc1nc(-c2cc(O[C@@H](C)[C@@H]3CCCN3C)nc(-c3onc4c3CCC[C@@]43CCCCC3=O)n2)cs1. The molecular formula is C27H33N5O3S. The Morgan fingerprint density at radius 1 is 1.14 bits per heavy atom. The van der Waals surface area contributed by atoms with Crippen molar-refractivity contribution in [2.24, 2.45) is 0 Å². The number of Topliss-reactive ketones (excluding diaryl/α,β-unsaturated/α-hetero) is 1. The van der Waals surface area contributed by atoms with Crippen molar-refractivity contribution < 1.29 is 14.1 Å². The summed E-state index contributed by atoms with van der Waals surface area (Å²) in [6.45, 7) is 5.18. The average Bonchev–Trinajstić information content (AvgIpc) is 3.61. The molecule has 0 N–H and O–H groups in total. The van der Waals surface area contributed by atoms with E-state index in [0.717, 1.165) is 73.4 Å². The zero-order valence-corrected chi connectivity index (χ0v) is 22.1. The van der Waals surface area contributed by atoms with E-state index in [1.807, 2.05) is 18.4 Å². The van der Waals surface area contributed by atoms with Gasteiger partial charge in [0.1, 0.15) is 23.3 Å². The third-order valence-electron chi connectivity index (χ3n) is 8.28. The number of rotatable bonds is 5. The summed E-state index contributed by atoms with van der Waals surface area (Å²) < 4.78 is 12.4. The van der Waals surface area contributed by atoms with Crippen LogP contribution in [0.3, 0.4) is 0 Å². The summed E-state index contributed by atoms with van der Waals surface area (Å²) in [7, 11) is 2.15. The number of carbonyl (C=O) groups excluding carboxylic acids is 1. The van der Waals surface area contributed by atoms with Crippen LogP contribution in [0, 0.1) is 6.92 Å². The van der Waals surface area contributed by atoms with Gasteiger partial charge >= 0.3 is 0 Å². The second-order valence-electron chi connectivity index (χ2n) is 10.6. The Hall–Kier alpha value is -2.65. The van der Waals surface area contributed by atoms with E-state index in [4.69, 9.17) is 19.2 Å². The van der Waals surface area contributed by atoms with Gasteiger partial charge in [-0.3, -0.25) is 9.69 Å². The van der Waals surface area contributed by atoms with Gasteiger partial charge in [-0.2, -0.15) is 4.98 Å². The molecule has 0 aromatic carbocycles. The lowest BCUT2D eigenvalue weighted by Gasteiger charge is -2.37. The first-order valence-electron chi connectivity index (χ1n) is 13.2. The molecule has 0 amide bonds. The lowest BCUT2D eigenvalue weighted by atomic mass is 9.64. The average molecular weight is 508 g/mol. The van der Waals surface area contributed by atoms with Crippen LogP contribution in [-0.4, -0.2) is 56.5 Å². The molecule has 3 aromatic rings. The van der Waals surface area contributed by atoms with E-state index < -0.39 is 5.41 Å². The summed E-state index contributed by atoms with van der Waals surface area (Å²) in [5, 5.41) is 7.47. The fraction of sp³-hybridized carbons (Fsp3) is 0.593. The van der Waals surface area contributed by atoms with Crippen molar-refractivity contribution >= 4 is 17.1 Å². The first kappa shape index (κ1) is 23.7. The number of nitrogens with zero attached hydrogens (tertiary/aromatic N) is 5. The molecule has 3 atom stereocenters. The van der Waals surface area contributed by atoms with Gasteiger partial charge in [-0.05, 0) is 72.4 Å². The Kier molecular flexibility index (Phi) is 6.16. The van der Waals surface area contributed by atoms with Gasteiger partial charge in [0.15, 0.2) is 0 Å². The maximum absolute atomic E-state index is 13.1. The van der Waals surface area contributed by atoms with Gasteiger partial charge in [-0.25, -0.2) is 9.97 Å². The predicted octanol–water partition coefficient (Wildman–Crippen LogP) is 5.14. The number of fused-ring (bicyclic) bond motifs is 2. The van der Waals surface area contributed by atoms with E-state index in [9.17, 15) is 4.79 Å². The number of likely N-dealkylation sites (tertiary alicyclic amines) is 1. The lowest BCUT2D eigenvalue weighted by Crippen LogP contribution is -2.41. The van der Waals surface area contributed by atoms with Crippen molar-refractivity contribution in [1.82, 2.24) is 25.0 Å². The molecular weight excluding hydrogens is 474 g/mol. The van der Waals surface area contributed by atoms with Crippen LogP contribution >= 0.6 is 11.3 Å². The summed E-state index contributed by atoms with van der Waals surface area (Å²) in [5.74, 6) is 1.83. The molecule has 3 aliphatic rings. The van der Waals surface area contributed by atoms with E-state index >= 15 is 0 Å². The molecule has 1 saturated carbocycles. The summed E-state index contributed by atoms with van der Waals surface area (Å²) in [6.07, 6.45) is 8.37.